The molecule has 1 atom stereocenters. The predicted molar refractivity (Wildman–Crippen MR) is 63.0 cm³/mol. The van der Waals surface area contributed by atoms with Crippen LogP contribution in [0, 0.1) is 3.57 Å². The Hall–Kier alpha value is 0.330. The van der Waals surface area contributed by atoms with Crippen LogP contribution in [0.2, 0.25) is 5.02 Å². The van der Waals surface area contributed by atoms with Gasteiger partial charge in [-0.3, -0.25) is 0 Å². The molecule has 1 aromatic rings. The zero-order valence-electron chi connectivity index (χ0n) is 6.69. The minimum atomic E-state index is 0.0464. The topological polar surface area (TPSA) is 9.23 Å². The standard InChI is InChI=1S/C9H7Cl2IO/c10-5-1-7-8(11)2-6(12)3-9(7)13-4-5/h2-3,5H,1,4H2. The van der Waals surface area contributed by atoms with E-state index < -0.39 is 0 Å². The van der Waals surface area contributed by atoms with Crippen molar-refractivity contribution in [2.45, 2.75) is 11.8 Å². The van der Waals surface area contributed by atoms with Crippen LogP contribution in [0.1, 0.15) is 5.56 Å². The molecule has 0 aromatic heterocycles. The summed E-state index contributed by atoms with van der Waals surface area (Å²) in [6.45, 7) is 0.574. The maximum absolute atomic E-state index is 6.07. The van der Waals surface area contributed by atoms with Crippen LogP contribution >= 0.6 is 45.8 Å². The SMILES string of the molecule is Clc1cc(I)cc2c1CC(Cl)CO2. The van der Waals surface area contributed by atoms with Gasteiger partial charge < -0.3 is 4.74 Å². The maximum Gasteiger partial charge on any atom is 0.125 e. The Bertz CT molecular complexity index is 341. The molecule has 0 spiro atoms. The molecular formula is C9H7Cl2IO. The molecular weight excluding hydrogens is 322 g/mol. The number of alkyl halides is 1. The highest BCUT2D eigenvalue weighted by atomic mass is 127. The van der Waals surface area contributed by atoms with Gasteiger partial charge in [-0.1, -0.05) is 11.6 Å². The van der Waals surface area contributed by atoms with Gasteiger partial charge in [0.25, 0.3) is 0 Å². The predicted octanol–water partition coefficient (Wildman–Crippen LogP) is 3.49. The smallest absolute Gasteiger partial charge is 0.125 e. The molecule has 1 aliphatic heterocycles. The number of fused-ring (bicyclic) bond motifs is 1. The normalized spacial score (nSPS) is 20.7. The Morgan fingerprint density at radius 3 is 3.00 bits per heavy atom. The Balaban J connectivity index is 2.47. The lowest BCUT2D eigenvalue weighted by Gasteiger charge is -2.22. The van der Waals surface area contributed by atoms with Crippen molar-refractivity contribution in [3.05, 3.63) is 26.3 Å². The van der Waals surface area contributed by atoms with Gasteiger partial charge >= 0.3 is 0 Å². The molecule has 0 N–H and O–H groups in total. The molecule has 2 rings (SSSR count). The maximum atomic E-state index is 6.07. The van der Waals surface area contributed by atoms with Crippen molar-refractivity contribution in [1.82, 2.24) is 0 Å². The molecule has 1 aromatic carbocycles. The molecule has 1 heterocycles. The Kier molecular flexibility index (Phi) is 2.91. The van der Waals surface area contributed by atoms with Crippen molar-refractivity contribution in [2.75, 3.05) is 6.61 Å². The molecule has 13 heavy (non-hydrogen) atoms. The summed E-state index contributed by atoms with van der Waals surface area (Å²) in [6.07, 6.45) is 0.798. The van der Waals surface area contributed by atoms with Gasteiger partial charge in [0.1, 0.15) is 12.4 Å². The number of benzene rings is 1. The molecule has 70 valence electrons. The first kappa shape index (κ1) is 9.87. The van der Waals surface area contributed by atoms with Crippen molar-refractivity contribution in [3.63, 3.8) is 0 Å². The summed E-state index contributed by atoms with van der Waals surface area (Å²) in [5.41, 5.74) is 1.04. The Morgan fingerprint density at radius 1 is 1.46 bits per heavy atom. The number of rotatable bonds is 0. The van der Waals surface area contributed by atoms with E-state index in [0.29, 0.717) is 6.61 Å². The van der Waals surface area contributed by atoms with Crippen LogP contribution in [-0.2, 0) is 6.42 Å². The average Bonchev–Trinajstić information content (AvgIpc) is 2.06. The van der Waals surface area contributed by atoms with Gasteiger partial charge in [-0.2, -0.15) is 0 Å². The van der Waals surface area contributed by atoms with E-state index in [1.807, 2.05) is 12.1 Å². The second-order valence-electron chi connectivity index (χ2n) is 2.98. The molecule has 1 aliphatic rings. The van der Waals surface area contributed by atoms with E-state index in [9.17, 15) is 0 Å². The van der Waals surface area contributed by atoms with E-state index in [4.69, 9.17) is 27.9 Å². The molecule has 0 aliphatic carbocycles. The first-order valence-electron chi connectivity index (χ1n) is 3.91. The fourth-order valence-electron chi connectivity index (χ4n) is 1.37. The number of hydrogen-bond acceptors (Lipinski definition) is 1. The van der Waals surface area contributed by atoms with Crippen LogP contribution in [0.3, 0.4) is 0 Å². The summed E-state index contributed by atoms with van der Waals surface area (Å²) in [4.78, 5) is 0. The number of halogens is 3. The van der Waals surface area contributed by atoms with E-state index in [0.717, 1.165) is 26.3 Å². The number of hydrogen-bond donors (Lipinski definition) is 0. The molecule has 0 saturated heterocycles. The van der Waals surface area contributed by atoms with Crippen molar-refractivity contribution in [3.8, 4) is 5.75 Å². The highest BCUT2D eigenvalue weighted by Crippen LogP contribution is 2.34. The lowest BCUT2D eigenvalue weighted by atomic mass is 10.1. The van der Waals surface area contributed by atoms with Crippen molar-refractivity contribution in [1.29, 1.82) is 0 Å². The van der Waals surface area contributed by atoms with Gasteiger partial charge in [0.15, 0.2) is 0 Å². The lowest BCUT2D eigenvalue weighted by Crippen LogP contribution is -2.21. The van der Waals surface area contributed by atoms with Crippen molar-refractivity contribution < 1.29 is 4.74 Å². The molecule has 0 radical (unpaired) electrons. The number of ether oxygens (including phenoxy) is 1. The molecule has 4 heteroatoms. The van der Waals surface area contributed by atoms with Crippen LogP contribution in [0.25, 0.3) is 0 Å². The highest BCUT2D eigenvalue weighted by Gasteiger charge is 2.20. The summed E-state index contributed by atoms with van der Waals surface area (Å²) in [5, 5.41) is 0.803. The largest absolute Gasteiger partial charge is 0.492 e. The molecule has 0 bridgehead atoms. The second-order valence-corrected chi connectivity index (χ2v) is 5.25. The highest BCUT2D eigenvalue weighted by molar-refractivity contribution is 14.1. The molecule has 1 unspecified atom stereocenters. The van der Waals surface area contributed by atoms with Gasteiger partial charge in [-0.15, -0.1) is 11.6 Å². The van der Waals surface area contributed by atoms with Crippen molar-refractivity contribution in [2.24, 2.45) is 0 Å². The van der Waals surface area contributed by atoms with E-state index in [2.05, 4.69) is 22.6 Å². The van der Waals surface area contributed by atoms with E-state index in [1.54, 1.807) is 0 Å². The first-order valence-corrected chi connectivity index (χ1v) is 5.81. The molecule has 0 fully saturated rings. The molecule has 0 saturated carbocycles. The monoisotopic (exact) mass is 328 g/mol. The molecule has 1 nitrogen and oxygen atoms in total. The minimum absolute atomic E-state index is 0.0464. The van der Waals surface area contributed by atoms with Crippen LogP contribution in [-0.4, -0.2) is 12.0 Å². The Labute approximate surface area is 101 Å². The summed E-state index contributed by atoms with van der Waals surface area (Å²) in [6, 6.07) is 3.92. The minimum Gasteiger partial charge on any atom is -0.492 e. The zero-order valence-corrected chi connectivity index (χ0v) is 10.4. The summed E-state index contributed by atoms with van der Waals surface area (Å²) in [7, 11) is 0. The van der Waals surface area contributed by atoms with E-state index in [1.165, 1.54) is 0 Å². The third-order valence-electron chi connectivity index (χ3n) is 1.96. The van der Waals surface area contributed by atoms with Gasteiger partial charge in [-0.05, 0) is 41.1 Å². The average molecular weight is 329 g/mol. The molecule has 0 amide bonds. The summed E-state index contributed by atoms with van der Waals surface area (Å²) in [5.74, 6) is 0.883. The van der Waals surface area contributed by atoms with Crippen molar-refractivity contribution >= 4 is 45.8 Å². The van der Waals surface area contributed by atoms with Crippen LogP contribution in [0.4, 0.5) is 0 Å². The van der Waals surface area contributed by atoms with Gasteiger partial charge in [0, 0.05) is 14.2 Å². The van der Waals surface area contributed by atoms with Crippen LogP contribution in [0.5, 0.6) is 5.75 Å². The van der Waals surface area contributed by atoms with E-state index >= 15 is 0 Å². The fourth-order valence-corrected chi connectivity index (χ4v) is 2.65. The van der Waals surface area contributed by atoms with Gasteiger partial charge in [0.2, 0.25) is 0 Å². The summed E-state index contributed by atoms with van der Waals surface area (Å²) >= 11 is 14.3. The van der Waals surface area contributed by atoms with E-state index in [-0.39, 0.29) is 5.38 Å². The van der Waals surface area contributed by atoms with Gasteiger partial charge in [0.05, 0.1) is 5.38 Å². The third kappa shape index (κ3) is 2.05. The lowest BCUT2D eigenvalue weighted by molar-refractivity contribution is 0.292. The third-order valence-corrected chi connectivity index (χ3v) is 3.20. The fraction of sp³-hybridized carbons (Fsp3) is 0.333. The van der Waals surface area contributed by atoms with Crippen LogP contribution < -0.4 is 4.74 Å². The Morgan fingerprint density at radius 2 is 2.23 bits per heavy atom. The summed E-state index contributed by atoms with van der Waals surface area (Å²) < 4.78 is 6.57. The first-order chi connectivity index (χ1) is 6.16. The second kappa shape index (κ2) is 3.83. The van der Waals surface area contributed by atoms with Crippen LogP contribution in [0.15, 0.2) is 12.1 Å². The van der Waals surface area contributed by atoms with Gasteiger partial charge in [-0.25, -0.2) is 0 Å². The quantitative estimate of drug-likeness (QED) is 0.523. The zero-order chi connectivity index (χ0) is 9.42.